The molecule has 0 unspecified atom stereocenters. The van der Waals surface area contributed by atoms with Gasteiger partial charge in [-0.25, -0.2) is 9.59 Å². The lowest BCUT2D eigenvalue weighted by atomic mass is 10.2. The van der Waals surface area contributed by atoms with E-state index in [0.717, 1.165) is 6.54 Å². The van der Waals surface area contributed by atoms with Crippen LogP contribution in [0.4, 0.5) is 0 Å². The second-order valence-corrected chi connectivity index (χ2v) is 3.09. The molecule has 0 saturated heterocycles. The number of carboxylic acid groups (broad SMARTS) is 2. The summed E-state index contributed by atoms with van der Waals surface area (Å²) < 4.78 is 0. The highest BCUT2D eigenvalue weighted by molar-refractivity contribution is 5.83. The number of hydrogen-bond acceptors (Lipinski definition) is 6. The van der Waals surface area contributed by atoms with Gasteiger partial charge in [-0.2, -0.15) is 0 Å². The van der Waals surface area contributed by atoms with Crippen LogP contribution in [0.5, 0.6) is 0 Å². The standard InChI is InChI=1S/C4H11NO.C4H6O6/c1-5(2)3-4-6;5-1(3(7)8)2(6)4(9)10/h6H,3-4H2,1-2H3;1-2,5-6H,(H,7,8)(H,9,10)/t;1-,2-/m.0/s1. The summed E-state index contributed by atoms with van der Waals surface area (Å²) in [6.45, 7) is 1.02. The maximum absolute atomic E-state index is 9.77. The van der Waals surface area contributed by atoms with Crippen LogP contribution in [-0.2, 0) is 9.59 Å². The molecule has 0 aromatic rings. The zero-order valence-corrected chi connectivity index (χ0v) is 9.07. The van der Waals surface area contributed by atoms with Crippen molar-refractivity contribution in [2.24, 2.45) is 0 Å². The molecule has 8 heteroatoms. The SMILES string of the molecule is CN(C)CCO.O=C(O)[C@@H](O)[C@H](O)C(=O)O. The molecule has 0 aromatic heterocycles. The first-order valence-corrected chi connectivity index (χ1v) is 4.31. The van der Waals surface area contributed by atoms with Crippen LogP contribution in [0.1, 0.15) is 0 Å². The molecule has 0 aliphatic carbocycles. The molecule has 0 saturated carbocycles. The Morgan fingerprint density at radius 1 is 1.06 bits per heavy atom. The molecule has 0 heterocycles. The van der Waals surface area contributed by atoms with Crippen molar-refractivity contribution in [3.05, 3.63) is 0 Å². The Morgan fingerprint density at radius 2 is 1.38 bits per heavy atom. The van der Waals surface area contributed by atoms with E-state index in [2.05, 4.69) is 0 Å². The van der Waals surface area contributed by atoms with E-state index in [1.54, 1.807) is 0 Å². The van der Waals surface area contributed by atoms with Crippen molar-refractivity contribution in [1.82, 2.24) is 4.90 Å². The van der Waals surface area contributed by atoms with Gasteiger partial charge in [0, 0.05) is 6.54 Å². The molecule has 0 aliphatic rings. The van der Waals surface area contributed by atoms with Gasteiger partial charge in [-0.3, -0.25) is 0 Å². The monoisotopic (exact) mass is 239 g/mol. The van der Waals surface area contributed by atoms with E-state index < -0.39 is 24.1 Å². The highest BCUT2D eigenvalue weighted by Crippen LogP contribution is 1.92. The fourth-order valence-electron chi connectivity index (χ4n) is 0.470. The van der Waals surface area contributed by atoms with E-state index in [0.29, 0.717) is 0 Å². The van der Waals surface area contributed by atoms with Crippen molar-refractivity contribution in [3.63, 3.8) is 0 Å². The highest BCUT2D eigenvalue weighted by atomic mass is 16.4. The first-order chi connectivity index (χ1) is 7.23. The van der Waals surface area contributed by atoms with Gasteiger partial charge in [-0.15, -0.1) is 0 Å². The van der Waals surface area contributed by atoms with Crippen LogP contribution in [0.15, 0.2) is 0 Å². The van der Waals surface area contributed by atoms with E-state index >= 15 is 0 Å². The normalized spacial score (nSPS) is 13.6. The quantitative estimate of drug-likeness (QED) is 0.352. The first kappa shape index (κ1) is 17.2. The molecule has 0 bridgehead atoms. The van der Waals surface area contributed by atoms with Crippen molar-refractivity contribution in [2.75, 3.05) is 27.2 Å². The minimum Gasteiger partial charge on any atom is -0.479 e. The molecule has 2 atom stereocenters. The van der Waals surface area contributed by atoms with E-state index in [9.17, 15) is 9.59 Å². The number of carboxylic acids is 2. The number of rotatable bonds is 5. The molecule has 0 aromatic carbocycles. The fourth-order valence-corrected chi connectivity index (χ4v) is 0.470. The van der Waals surface area contributed by atoms with Crippen molar-refractivity contribution < 1.29 is 35.1 Å². The molecule has 5 N–H and O–H groups in total. The van der Waals surface area contributed by atoms with Crippen LogP contribution >= 0.6 is 0 Å². The van der Waals surface area contributed by atoms with Gasteiger partial charge in [0.25, 0.3) is 0 Å². The van der Waals surface area contributed by atoms with Gasteiger partial charge in [-0.05, 0) is 14.1 Å². The highest BCUT2D eigenvalue weighted by Gasteiger charge is 2.29. The lowest BCUT2D eigenvalue weighted by Gasteiger charge is -2.07. The van der Waals surface area contributed by atoms with Crippen LogP contribution in [0.2, 0.25) is 0 Å². The van der Waals surface area contributed by atoms with Crippen molar-refractivity contribution in [3.8, 4) is 0 Å². The van der Waals surface area contributed by atoms with Gasteiger partial charge in [0.05, 0.1) is 6.61 Å². The Bertz CT molecular complexity index is 200. The Balaban J connectivity index is 0. The summed E-state index contributed by atoms with van der Waals surface area (Å²) in [6.07, 6.45) is -4.53. The maximum atomic E-state index is 9.77. The molecule has 0 aliphatic heterocycles. The summed E-state index contributed by atoms with van der Waals surface area (Å²) in [5, 5.41) is 40.7. The topological polar surface area (TPSA) is 139 Å². The summed E-state index contributed by atoms with van der Waals surface area (Å²) in [5.74, 6) is -3.54. The lowest BCUT2D eigenvalue weighted by Crippen LogP contribution is -2.39. The number of aliphatic carboxylic acids is 2. The van der Waals surface area contributed by atoms with Gasteiger partial charge in [0.2, 0.25) is 0 Å². The van der Waals surface area contributed by atoms with Crippen molar-refractivity contribution in [2.45, 2.75) is 12.2 Å². The number of likely N-dealkylation sites (N-methyl/N-ethyl adjacent to an activating group) is 1. The third-order valence-corrected chi connectivity index (χ3v) is 1.35. The summed E-state index contributed by atoms with van der Waals surface area (Å²) in [5.41, 5.74) is 0. The number of carbonyl (C=O) groups is 2. The number of aliphatic hydroxyl groups excluding tert-OH is 3. The summed E-state index contributed by atoms with van der Waals surface area (Å²) in [6, 6.07) is 0. The fraction of sp³-hybridized carbons (Fsp3) is 0.750. The van der Waals surface area contributed by atoms with Crippen molar-refractivity contribution in [1.29, 1.82) is 0 Å². The van der Waals surface area contributed by atoms with Crippen LogP contribution in [-0.4, -0.2) is 81.8 Å². The average molecular weight is 239 g/mol. The van der Waals surface area contributed by atoms with Crippen LogP contribution in [0, 0.1) is 0 Å². The third kappa shape index (κ3) is 9.34. The molecule has 0 spiro atoms. The average Bonchev–Trinajstić information content (AvgIpc) is 2.15. The van der Waals surface area contributed by atoms with Crippen LogP contribution in [0.25, 0.3) is 0 Å². The van der Waals surface area contributed by atoms with E-state index in [1.807, 2.05) is 19.0 Å². The van der Waals surface area contributed by atoms with Gasteiger partial charge < -0.3 is 30.4 Å². The molecule has 96 valence electrons. The largest absolute Gasteiger partial charge is 0.479 e. The summed E-state index contributed by atoms with van der Waals surface area (Å²) in [7, 11) is 3.85. The molecule has 8 nitrogen and oxygen atoms in total. The molecule has 0 radical (unpaired) electrons. The first-order valence-electron chi connectivity index (χ1n) is 4.31. The van der Waals surface area contributed by atoms with Gasteiger partial charge >= 0.3 is 11.9 Å². The Labute approximate surface area is 92.4 Å². The number of aliphatic hydroxyl groups is 3. The van der Waals surface area contributed by atoms with Crippen LogP contribution < -0.4 is 0 Å². The Morgan fingerprint density at radius 3 is 1.44 bits per heavy atom. The predicted octanol–water partition coefficient (Wildman–Crippen LogP) is -2.58. The third-order valence-electron chi connectivity index (χ3n) is 1.35. The second kappa shape index (κ2) is 9.04. The van der Waals surface area contributed by atoms with Gasteiger partial charge in [-0.1, -0.05) is 0 Å². The number of hydrogen-bond donors (Lipinski definition) is 5. The molecule has 0 amide bonds. The summed E-state index contributed by atoms with van der Waals surface area (Å²) in [4.78, 5) is 21.5. The molecule has 0 fully saturated rings. The minimum atomic E-state index is -2.27. The van der Waals surface area contributed by atoms with Crippen LogP contribution in [0.3, 0.4) is 0 Å². The minimum absolute atomic E-state index is 0.257. The molecular weight excluding hydrogens is 222 g/mol. The zero-order chi connectivity index (χ0) is 13.3. The predicted molar refractivity (Wildman–Crippen MR) is 52.9 cm³/mol. The van der Waals surface area contributed by atoms with E-state index in [1.165, 1.54) is 0 Å². The van der Waals surface area contributed by atoms with Gasteiger partial charge in [0.15, 0.2) is 12.2 Å². The number of nitrogens with zero attached hydrogens (tertiary/aromatic N) is 1. The summed E-state index contributed by atoms with van der Waals surface area (Å²) >= 11 is 0. The van der Waals surface area contributed by atoms with Gasteiger partial charge in [0.1, 0.15) is 0 Å². The molecule has 16 heavy (non-hydrogen) atoms. The van der Waals surface area contributed by atoms with E-state index in [4.69, 9.17) is 25.5 Å². The Hall–Kier alpha value is -1.22. The van der Waals surface area contributed by atoms with E-state index in [-0.39, 0.29) is 6.61 Å². The second-order valence-electron chi connectivity index (χ2n) is 3.09. The maximum Gasteiger partial charge on any atom is 0.335 e. The van der Waals surface area contributed by atoms with Crippen molar-refractivity contribution >= 4 is 11.9 Å². The molecular formula is C8H17NO7. The Kier molecular flexibility index (Phi) is 9.71. The lowest BCUT2D eigenvalue weighted by molar-refractivity contribution is -0.165. The smallest absolute Gasteiger partial charge is 0.335 e. The zero-order valence-electron chi connectivity index (χ0n) is 9.07. The molecule has 0 rings (SSSR count).